The van der Waals surface area contributed by atoms with Crippen LogP contribution < -0.4 is 4.90 Å². The largest absolute Gasteiger partial charge is 0.409 e. The molecule has 3 rings (SSSR count). The van der Waals surface area contributed by atoms with Crippen molar-refractivity contribution < 1.29 is 9.32 Å². The first-order chi connectivity index (χ1) is 10.1. The lowest BCUT2D eigenvalue weighted by Gasteiger charge is -2.26. The van der Waals surface area contributed by atoms with Crippen molar-refractivity contribution in [3.8, 4) is 11.5 Å². The fourth-order valence-electron chi connectivity index (χ4n) is 2.87. The summed E-state index contributed by atoms with van der Waals surface area (Å²) < 4.78 is 7.53. The molecule has 0 aliphatic carbocycles. The molecule has 0 spiro atoms. The molecule has 112 valence electrons. The van der Waals surface area contributed by atoms with Gasteiger partial charge in [0.05, 0.1) is 13.1 Å². The number of benzene rings is 1. The van der Waals surface area contributed by atoms with Gasteiger partial charge in [-0.3, -0.25) is 0 Å². The fraction of sp³-hybridized carbons (Fsp3) is 0.500. The number of nitrogens with zero attached hydrogens (tertiary/aromatic N) is 2. The van der Waals surface area contributed by atoms with Gasteiger partial charge in [0.15, 0.2) is 6.67 Å². The van der Waals surface area contributed by atoms with Crippen LogP contribution in [0.15, 0.2) is 28.7 Å². The van der Waals surface area contributed by atoms with Crippen molar-refractivity contribution in [2.45, 2.75) is 33.4 Å². The van der Waals surface area contributed by atoms with Gasteiger partial charge in [-0.05, 0) is 49.5 Å². The highest BCUT2D eigenvalue weighted by Gasteiger charge is 2.20. The zero-order chi connectivity index (χ0) is 14.8. The molecule has 2 heterocycles. The minimum atomic E-state index is 0.472. The summed E-state index contributed by atoms with van der Waals surface area (Å²) in [4.78, 5) is 2.01. The third-order valence-corrected chi connectivity index (χ3v) is 4.63. The summed E-state index contributed by atoms with van der Waals surface area (Å²) in [6.07, 6.45) is 2.57. The number of quaternary nitrogens is 1. The lowest BCUT2D eigenvalue weighted by molar-refractivity contribution is -0.929. The minimum absolute atomic E-state index is 0.472. The van der Waals surface area contributed by atoms with E-state index < -0.39 is 0 Å². The highest BCUT2D eigenvalue weighted by atomic mass is 32.1. The van der Waals surface area contributed by atoms with Gasteiger partial charge in [-0.1, -0.05) is 25.1 Å². The SMILES string of the molecule is Cc1ccccc1-c1nn(C[NH+]2CCC(C)CC2)c(=S)o1. The summed E-state index contributed by atoms with van der Waals surface area (Å²) in [5, 5.41) is 4.58. The van der Waals surface area contributed by atoms with Gasteiger partial charge < -0.3 is 9.32 Å². The Morgan fingerprint density at radius 2 is 2.05 bits per heavy atom. The number of aryl methyl sites for hydroxylation is 1. The highest BCUT2D eigenvalue weighted by Crippen LogP contribution is 2.21. The Kier molecular flexibility index (Phi) is 4.22. The van der Waals surface area contributed by atoms with Crippen molar-refractivity contribution in [1.82, 2.24) is 9.78 Å². The number of likely N-dealkylation sites (tertiary alicyclic amines) is 1. The first kappa shape index (κ1) is 14.5. The number of hydrogen-bond acceptors (Lipinski definition) is 3. The maximum atomic E-state index is 5.70. The van der Waals surface area contributed by atoms with Crippen molar-refractivity contribution >= 4 is 12.2 Å². The van der Waals surface area contributed by atoms with E-state index in [1.807, 2.05) is 22.9 Å². The zero-order valence-corrected chi connectivity index (χ0v) is 13.4. The monoisotopic (exact) mass is 304 g/mol. The Hall–Kier alpha value is -1.46. The smallest absolute Gasteiger partial charge is 0.292 e. The molecule has 1 aromatic carbocycles. The summed E-state index contributed by atoms with van der Waals surface area (Å²) in [6.45, 7) is 7.57. The molecule has 0 amide bonds. The van der Waals surface area contributed by atoms with Crippen molar-refractivity contribution in [2.24, 2.45) is 5.92 Å². The van der Waals surface area contributed by atoms with E-state index in [0.717, 1.165) is 23.7 Å². The Labute approximate surface area is 130 Å². The fourth-order valence-corrected chi connectivity index (χ4v) is 3.05. The molecule has 1 N–H and O–H groups in total. The van der Waals surface area contributed by atoms with E-state index >= 15 is 0 Å². The second-order valence-electron chi connectivity index (χ2n) is 6.08. The molecular formula is C16H22N3OS+. The van der Waals surface area contributed by atoms with E-state index in [4.69, 9.17) is 16.6 Å². The standard InChI is InChI=1S/C16H21N3OS/c1-12-7-9-18(10-8-12)11-19-16(21)20-15(17-19)14-6-4-3-5-13(14)2/h3-6,12H,7-11H2,1-2H3/p+1. The topological polar surface area (TPSA) is 35.4 Å². The van der Waals surface area contributed by atoms with Crippen LogP contribution in [-0.2, 0) is 6.67 Å². The number of nitrogens with one attached hydrogen (secondary N) is 1. The molecule has 0 radical (unpaired) electrons. The van der Waals surface area contributed by atoms with E-state index in [9.17, 15) is 0 Å². The maximum Gasteiger partial charge on any atom is 0.292 e. The third-order valence-electron chi connectivity index (χ3n) is 4.34. The lowest BCUT2D eigenvalue weighted by Crippen LogP contribution is -3.12. The maximum absolute atomic E-state index is 5.70. The molecule has 0 saturated carbocycles. The summed E-state index contributed by atoms with van der Waals surface area (Å²) >= 11 is 5.33. The van der Waals surface area contributed by atoms with Gasteiger partial charge in [-0.15, -0.1) is 5.10 Å². The van der Waals surface area contributed by atoms with E-state index in [0.29, 0.717) is 10.7 Å². The Morgan fingerprint density at radius 3 is 2.76 bits per heavy atom. The average molecular weight is 304 g/mol. The van der Waals surface area contributed by atoms with Crippen molar-refractivity contribution in [3.05, 3.63) is 34.7 Å². The van der Waals surface area contributed by atoms with Crippen LogP contribution in [0.4, 0.5) is 0 Å². The van der Waals surface area contributed by atoms with Gasteiger partial charge in [0.2, 0.25) is 5.89 Å². The van der Waals surface area contributed by atoms with Crippen molar-refractivity contribution in [2.75, 3.05) is 13.1 Å². The van der Waals surface area contributed by atoms with E-state index in [-0.39, 0.29) is 0 Å². The molecule has 0 atom stereocenters. The molecule has 1 fully saturated rings. The predicted octanol–water partition coefficient (Wildman–Crippen LogP) is 2.45. The van der Waals surface area contributed by atoms with Crippen molar-refractivity contribution in [3.63, 3.8) is 0 Å². The van der Waals surface area contributed by atoms with Crippen LogP contribution >= 0.6 is 12.2 Å². The van der Waals surface area contributed by atoms with Crippen LogP contribution in [0.25, 0.3) is 11.5 Å². The van der Waals surface area contributed by atoms with Crippen LogP contribution in [0.5, 0.6) is 0 Å². The molecule has 1 aromatic heterocycles. The van der Waals surface area contributed by atoms with Crippen LogP contribution in [0.1, 0.15) is 25.3 Å². The van der Waals surface area contributed by atoms with E-state index in [2.05, 4.69) is 25.0 Å². The van der Waals surface area contributed by atoms with Gasteiger partial charge in [0.1, 0.15) is 0 Å². The molecule has 21 heavy (non-hydrogen) atoms. The predicted molar refractivity (Wildman–Crippen MR) is 84.6 cm³/mol. The second-order valence-corrected chi connectivity index (χ2v) is 6.43. The Morgan fingerprint density at radius 1 is 1.33 bits per heavy atom. The van der Waals surface area contributed by atoms with Gasteiger partial charge in [-0.25, -0.2) is 0 Å². The summed E-state index contributed by atoms with van der Waals surface area (Å²) in [7, 11) is 0. The first-order valence-electron chi connectivity index (χ1n) is 7.61. The quantitative estimate of drug-likeness (QED) is 0.885. The van der Waals surface area contributed by atoms with Gasteiger partial charge in [0, 0.05) is 5.56 Å². The molecule has 1 aliphatic rings. The van der Waals surface area contributed by atoms with Gasteiger partial charge in [0.25, 0.3) is 4.84 Å². The first-order valence-corrected chi connectivity index (χ1v) is 8.02. The van der Waals surface area contributed by atoms with Crippen LogP contribution in [0.3, 0.4) is 0 Å². The molecule has 4 nitrogen and oxygen atoms in total. The minimum Gasteiger partial charge on any atom is -0.409 e. The molecule has 2 aromatic rings. The zero-order valence-electron chi connectivity index (χ0n) is 12.6. The molecule has 0 unspecified atom stereocenters. The second kappa shape index (κ2) is 6.12. The molecular weight excluding hydrogens is 282 g/mol. The molecule has 0 bridgehead atoms. The highest BCUT2D eigenvalue weighted by molar-refractivity contribution is 7.71. The number of aromatic nitrogens is 2. The molecule has 5 heteroatoms. The van der Waals surface area contributed by atoms with E-state index in [1.54, 1.807) is 0 Å². The Bertz CT molecular complexity index is 668. The lowest BCUT2D eigenvalue weighted by atomic mass is 10.00. The van der Waals surface area contributed by atoms with Crippen LogP contribution in [0.2, 0.25) is 0 Å². The Balaban J connectivity index is 1.79. The average Bonchev–Trinajstić information content (AvgIpc) is 2.83. The normalized spacial score (nSPS) is 22.4. The van der Waals surface area contributed by atoms with Crippen molar-refractivity contribution in [1.29, 1.82) is 0 Å². The van der Waals surface area contributed by atoms with E-state index in [1.165, 1.54) is 30.8 Å². The number of hydrogen-bond donors (Lipinski definition) is 1. The molecule has 1 aliphatic heterocycles. The van der Waals surface area contributed by atoms with Crippen LogP contribution in [-0.4, -0.2) is 22.9 Å². The summed E-state index contributed by atoms with van der Waals surface area (Å²) in [5.74, 6) is 1.48. The molecule has 1 saturated heterocycles. The number of piperidine rings is 1. The summed E-state index contributed by atoms with van der Waals surface area (Å²) in [5.41, 5.74) is 2.17. The third kappa shape index (κ3) is 3.24. The van der Waals surface area contributed by atoms with Gasteiger partial charge in [-0.2, -0.15) is 4.68 Å². The summed E-state index contributed by atoms with van der Waals surface area (Å²) in [6, 6.07) is 8.10. The number of rotatable bonds is 3. The van der Waals surface area contributed by atoms with Crippen LogP contribution in [0, 0.1) is 17.7 Å². The van der Waals surface area contributed by atoms with Gasteiger partial charge >= 0.3 is 0 Å².